The van der Waals surface area contributed by atoms with E-state index in [0.717, 1.165) is 5.56 Å². The molecule has 0 radical (unpaired) electrons. The van der Waals surface area contributed by atoms with Crippen LogP contribution in [0.2, 0.25) is 0 Å². The van der Waals surface area contributed by atoms with Crippen molar-refractivity contribution in [3.05, 3.63) is 29.8 Å². The Bertz CT molecular complexity index is 435. The van der Waals surface area contributed by atoms with Gasteiger partial charge in [-0.1, -0.05) is 19.1 Å². The molecule has 1 amide bonds. The molecule has 2 unspecified atom stereocenters. The predicted octanol–water partition coefficient (Wildman–Crippen LogP) is 2.35. The third-order valence-electron chi connectivity index (χ3n) is 2.90. The van der Waals surface area contributed by atoms with Crippen LogP contribution in [-0.2, 0) is 11.2 Å². The summed E-state index contributed by atoms with van der Waals surface area (Å²) in [5.74, 6) is 0.116. The Morgan fingerprint density at radius 3 is 2.43 bits per heavy atom. The largest absolute Gasteiger partial charge is 0.435 e. The van der Waals surface area contributed by atoms with E-state index in [0.29, 0.717) is 13.0 Å². The molecule has 1 aromatic rings. The SMILES string of the molecule is CC(O)CC(C)CNC(=O)Cc1ccc(OC(F)F)cc1. The van der Waals surface area contributed by atoms with Crippen molar-refractivity contribution in [2.45, 2.75) is 39.4 Å². The third-order valence-corrected chi connectivity index (χ3v) is 2.90. The molecule has 0 spiro atoms. The molecule has 0 fully saturated rings. The standard InChI is InChI=1S/C15H21F2NO3/c1-10(7-11(2)19)9-18-14(20)8-12-3-5-13(6-4-12)21-15(16)17/h3-6,10-11,15,19H,7-9H2,1-2H3,(H,18,20). The average molecular weight is 301 g/mol. The summed E-state index contributed by atoms with van der Waals surface area (Å²) in [7, 11) is 0. The first-order valence-corrected chi connectivity index (χ1v) is 6.85. The number of aliphatic hydroxyl groups is 1. The smallest absolute Gasteiger partial charge is 0.387 e. The summed E-state index contributed by atoms with van der Waals surface area (Å²) in [6.45, 7) is 1.30. The summed E-state index contributed by atoms with van der Waals surface area (Å²) < 4.78 is 28.2. The van der Waals surface area contributed by atoms with E-state index < -0.39 is 6.61 Å². The number of aliphatic hydroxyl groups excluding tert-OH is 1. The first-order valence-electron chi connectivity index (χ1n) is 6.85. The zero-order valence-corrected chi connectivity index (χ0v) is 12.2. The quantitative estimate of drug-likeness (QED) is 0.775. The first-order chi connectivity index (χ1) is 9.86. The molecular weight excluding hydrogens is 280 g/mol. The van der Waals surface area contributed by atoms with Crippen LogP contribution >= 0.6 is 0 Å². The highest BCUT2D eigenvalue weighted by atomic mass is 19.3. The monoisotopic (exact) mass is 301 g/mol. The maximum atomic E-state index is 12.0. The fourth-order valence-electron chi connectivity index (χ4n) is 1.99. The molecule has 0 saturated heterocycles. The van der Waals surface area contributed by atoms with Gasteiger partial charge in [0.25, 0.3) is 0 Å². The van der Waals surface area contributed by atoms with Crippen molar-refractivity contribution >= 4 is 5.91 Å². The number of hydrogen-bond acceptors (Lipinski definition) is 3. The Morgan fingerprint density at radius 1 is 1.29 bits per heavy atom. The molecule has 2 atom stereocenters. The van der Waals surface area contributed by atoms with Crippen molar-refractivity contribution in [1.29, 1.82) is 0 Å². The van der Waals surface area contributed by atoms with Gasteiger partial charge in [0, 0.05) is 6.54 Å². The van der Waals surface area contributed by atoms with Gasteiger partial charge in [0.1, 0.15) is 5.75 Å². The fourth-order valence-corrected chi connectivity index (χ4v) is 1.99. The van der Waals surface area contributed by atoms with E-state index >= 15 is 0 Å². The van der Waals surface area contributed by atoms with Crippen LogP contribution in [0.3, 0.4) is 0 Å². The Balaban J connectivity index is 2.37. The third kappa shape index (κ3) is 7.60. The maximum Gasteiger partial charge on any atom is 0.387 e. The van der Waals surface area contributed by atoms with Gasteiger partial charge in [0.2, 0.25) is 5.91 Å². The van der Waals surface area contributed by atoms with Gasteiger partial charge in [-0.05, 0) is 37.0 Å². The second-order valence-electron chi connectivity index (χ2n) is 5.19. The van der Waals surface area contributed by atoms with E-state index in [2.05, 4.69) is 10.1 Å². The minimum absolute atomic E-state index is 0.0692. The van der Waals surface area contributed by atoms with Crippen molar-refractivity contribution < 1.29 is 23.4 Å². The maximum absolute atomic E-state index is 12.0. The van der Waals surface area contributed by atoms with Crippen molar-refractivity contribution in [2.75, 3.05) is 6.54 Å². The molecule has 0 saturated carbocycles. The fraction of sp³-hybridized carbons (Fsp3) is 0.533. The number of benzene rings is 1. The van der Waals surface area contributed by atoms with E-state index in [9.17, 15) is 18.7 Å². The van der Waals surface area contributed by atoms with E-state index in [1.165, 1.54) is 12.1 Å². The lowest BCUT2D eigenvalue weighted by molar-refractivity contribution is -0.120. The molecular formula is C15H21F2NO3. The van der Waals surface area contributed by atoms with Gasteiger partial charge in [0.05, 0.1) is 12.5 Å². The Labute approximate surface area is 123 Å². The first kappa shape index (κ1) is 17.4. The molecule has 0 bridgehead atoms. The number of halogens is 2. The summed E-state index contributed by atoms with van der Waals surface area (Å²) in [6.07, 6.45) is 0.412. The van der Waals surface area contributed by atoms with Crippen molar-refractivity contribution in [3.63, 3.8) is 0 Å². The number of rotatable bonds is 8. The second kappa shape index (κ2) is 8.56. The highest BCUT2D eigenvalue weighted by Gasteiger charge is 2.09. The number of nitrogens with one attached hydrogen (secondary N) is 1. The van der Waals surface area contributed by atoms with E-state index in [1.807, 2.05) is 6.92 Å². The van der Waals surface area contributed by atoms with Crippen molar-refractivity contribution in [3.8, 4) is 5.75 Å². The summed E-state index contributed by atoms with van der Waals surface area (Å²) in [5.41, 5.74) is 0.720. The van der Waals surface area contributed by atoms with Gasteiger partial charge in [-0.3, -0.25) is 4.79 Å². The molecule has 21 heavy (non-hydrogen) atoms. The summed E-state index contributed by atoms with van der Waals surface area (Å²) in [5, 5.41) is 12.0. The number of hydrogen-bond donors (Lipinski definition) is 2. The Hall–Kier alpha value is -1.69. The van der Waals surface area contributed by atoms with Crippen LogP contribution < -0.4 is 10.1 Å². The molecule has 2 N–H and O–H groups in total. The second-order valence-corrected chi connectivity index (χ2v) is 5.19. The highest BCUT2D eigenvalue weighted by Crippen LogP contribution is 2.15. The van der Waals surface area contributed by atoms with Gasteiger partial charge in [-0.2, -0.15) is 8.78 Å². The number of alkyl halides is 2. The van der Waals surface area contributed by atoms with Crippen LogP contribution in [0, 0.1) is 5.92 Å². The zero-order chi connectivity index (χ0) is 15.8. The summed E-state index contributed by atoms with van der Waals surface area (Å²) >= 11 is 0. The molecule has 0 aliphatic heterocycles. The van der Waals surface area contributed by atoms with Crippen LogP contribution in [-0.4, -0.2) is 30.3 Å². The number of carbonyl (C=O) groups is 1. The number of ether oxygens (including phenoxy) is 1. The lowest BCUT2D eigenvalue weighted by Crippen LogP contribution is -2.30. The van der Waals surface area contributed by atoms with Gasteiger partial charge in [-0.25, -0.2) is 0 Å². The van der Waals surface area contributed by atoms with Crippen LogP contribution in [0.25, 0.3) is 0 Å². The van der Waals surface area contributed by atoms with Crippen molar-refractivity contribution in [1.82, 2.24) is 5.32 Å². The highest BCUT2D eigenvalue weighted by molar-refractivity contribution is 5.78. The lowest BCUT2D eigenvalue weighted by atomic mass is 10.0. The molecule has 4 nitrogen and oxygen atoms in total. The molecule has 0 aromatic heterocycles. The van der Waals surface area contributed by atoms with Gasteiger partial charge in [0.15, 0.2) is 0 Å². The van der Waals surface area contributed by atoms with Crippen LogP contribution in [0.4, 0.5) is 8.78 Å². The zero-order valence-electron chi connectivity index (χ0n) is 12.2. The normalized spacial score (nSPS) is 13.8. The van der Waals surface area contributed by atoms with Crippen molar-refractivity contribution in [2.24, 2.45) is 5.92 Å². The summed E-state index contributed by atoms with van der Waals surface area (Å²) in [4.78, 5) is 11.7. The molecule has 1 rings (SSSR count). The predicted molar refractivity (Wildman–Crippen MR) is 75.2 cm³/mol. The number of amides is 1. The topological polar surface area (TPSA) is 58.6 Å². The molecule has 0 aliphatic carbocycles. The van der Waals surface area contributed by atoms with Crippen LogP contribution in [0.15, 0.2) is 24.3 Å². The van der Waals surface area contributed by atoms with Crippen LogP contribution in [0.5, 0.6) is 5.75 Å². The van der Waals surface area contributed by atoms with Gasteiger partial charge in [-0.15, -0.1) is 0 Å². The molecule has 1 aromatic carbocycles. The Morgan fingerprint density at radius 2 is 1.90 bits per heavy atom. The van der Waals surface area contributed by atoms with Gasteiger partial charge >= 0.3 is 6.61 Å². The van der Waals surface area contributed by atoms with Crippen LogP contribution in [0.1, 0.15) is 25.8 Å². The van der Waals surface area contributed by atoms with E-state index in [1.54, 1.807) is 19.1 Å². The lowest BCUT2D eigenvalue weighted by Gasteiger charge is -2.14. The molecule has 6 heteroatoms. The summed E-state index contributed by atoms with van der Waals surface area (Å²) in [6, 6.07) is 5.97. The minimum atomic E-state index is -2.85. The van der Waals surface area contributed by atoms with E-state index in [4.69, 9.17) is 0 Å². The number of carbonyl (C=O) groups excluding carboxylic acids is 1. The Kier molecular flexibility index (Phi) is 7.08. The average Bonchev–Trinajstić information content (AvgIpc) is 2.37. The van der Waals surface area contributed by atoms with E-state index in [-0.39, 0.29) is 30.1 Å². The minimum Gasteiger partial charge on any atom is -0.435 e. The van der Waals surface area contributed by atoms with Gasteiger partial charge < -0.3 is 15.2 Å². The molecule has 0 aliphatic rings. The molecule has 0 heterocycles. The molecule has 118 valence electrons.